The molecule has 1 aromatic carbocycles. The molecule has 0 saturated carbocycles. The number of carbonyl (C=O) groups excluding carboxylic acids is 1. The van der Waals surface area contributed by atoms with Crippen LogP contribution in [0.1, 0.15) is 17.7 Å². The van der Waals surface area contributed by atoms with E-state index in [1.807, 2.05) is 18.2 Å². The fourth-order valence-corrected chi connectivity index (χ4v) is 2.25. The molecule has 0 fully saturated rings. The number of pyridine rings is 1. The van der Waals surface area contributed by atoms with Gasteiger partial charge in [-0.25, -0.2) is 0 Å². The predicted octanol–water partition coefficient (Wildman–Crippen LogP) is 4.13. The van der Waals surface area contributed by atoms with Crippen molar-refractivity contribution in [1.29, 1.82) is 0 Å². The normalized spacial score (nSPS) is 10.4. The van der Waals surface area contributed by atoms with Crippen molar-refractivity contribution in [2.75, 3.05) is 0 Å². The Morgan fingerprint density at radius 2 is 2.00 bits per heavy atom. The molecule has 0 radical (unpaired) electrons. The van der Waals surface area contributed by atoms with E-state index in [2.05, 4.69) is 4.98 Å². The quantitative estimate of drug-likeness (QED) is 0.829. The summed E-state index contributed by atoms with van der Waals surface area (Å²) in [7, 11) is 0. The number of carbonyl (C=O) groups is 1. The summed E-state index contributed by atoms with van der Waals surface area (Å²) in [4.78, 5) is 16.1. The number of hydrogen-bond donors (Lipinski definition) is 0. The highest BCUT2D eigenvalue weighted by Gasteiger charge is 2.08. The number of rotatable bonds is 5. The average molecular weight is 294 g/mol. The summed E-state index contributed by atoms with van der Waals surface area (Å²) < 4.78 is 0. The summed E-state index contributed by atoms with van der Waals surface area (Å²) in [5.41, 5.74) is 1.75. The van der Waals surface area contributed by atoms with Gasteiger partial charge in [0.05, 0.1) is 0 Å². The molecule has 2 rings (SSSR count). The van der Waals surface area contributed by atoms with Gasteiger partial charge in [-0.3, -0.25) is 9.78 Å². The van der Waals surface area contributed by atoms with E-state index in [4.69, 9.17) is 23.2 Å². The first-order valence-corrected chi connectivity index (χ1v) is 6.76. The third-order valence-electron chi connectivity index (χ3n) is 2.79. The van der Waals surface area contributed by atoms with Crippen LogP contribution in [-0.4, -0.2) is 10.8 Å². The van der Waals surface area contributed by atoms with Gasteiger partial charge in [-0.05, 0) is 36.2 Å². The van der Waals surface area contributed by atoms with E-state index in [0.717, 1.165) is 11.3 Å². The zero-order chi connectivity index (χ0) is 13.7. The molecule has 19 heavy (non-hydrogen) atoms. The monoisotopic (exact) mass is 293 g/mol. The summed E-state index contributed by atoms with van der Waals surface area (Å²) in [6, 6.07) is 10.9. The van der Waals surface area contributed by atoms with Crippen LogP contribution >= 0.6 is 23.2 Å². The Morgan fingerprint density at radius 3 is 2.68 bits per heavy atom. The molecule has 0 atom stereocenters. The van der Waals surface area contributed by atoms with Gasteiger partial charge in [-0.2, -0.15) is 0 Å². The lowest BCUT2D eigenvalue weighted by Gasteiger charge is -2.04. The van der Waals surface area contributed by atoms with Crippen molar-refractivity contribution in [3.63, 3.8) is 0 Å². The van der Waals surface area contributed by atoms with Gasteiger partial charge in [-0.1, -0.05) is 35.3 Å². The second-order valence-corrected chi connectivity index (χ2v) is 5.12. The molecule has 0 amide bonds. The van der Waals surface area contributed by atoms with Gasteiger partial charge in [0, 0.05) is 34.8 Å². The average Bonchev–Trinajstić information content (AvgIpc) is 2.41. The molecule has 0 unspecified atom stereocenters. The number of Topliss-reactive ketones (excluding diaryl/α,β-unsaturated/α-hetero) is 1. The Balaban J connectivity index is 1.91. The number of ketones is 1. The minimum Gasteiger partial charge on any atom is -0.299 e. The molecule has 0 spiro atoms. The molecule has 1 aromatic heterocycles. The van der Waals surface area contributed by atoms with E-state index in [0.29, 0.717) is 29.3 Å². The van der Waals surface area contributed by atoms with Crippen LogP contribution in [-0.2, 0) is 17.6 Å². The predicted molar refractivity (Wildman–Crippen MR) is 77.7 cm³/mol. The van der Waals surface area contributed by atoms with Gasteiger partial charge < -0.3 is 0 Å². The SMILES string of the molecule is O=C(CCc1ccccn1)Cc1ccc(Cl)cc1Cl. The molecular weight excluding hydrogens is 281 g/mol. The van der Waals surface area contributed by atoms with Gasteiger partial charge in [0.15, 0.2) is 0 Å². The standard InChI is InChI=1S/C15H13Cl2NO/c16-12-5-4-11(15(17)10-12)9-14(19)7-6-13-3-1-2-8-18-13/h1-5,8,10H,6-7,9H2. The van der Waals surface area contributed by atoms with Gasteiger partial charge in [-0.15, -0.1) is 0 Å². The van der Waals surface area contributed by atoms with Crippen molar-refractivity contribution in [2.24, 2.45) is 0 Å². The molecule has 1 heterocycles. The molecule has 0 bridgehead atoms. The molecule has 4 heteroatoms. The maximum atomic E-state index is 11.9. The molecular formula is C15H13Cl2NO. The van der Waals surface area contributed by atoms with Crippen molar-refractivity contribution in [1.82, 2.24) is 4.98 Å². The zero-order valence-electron chi connectivity index (χ0n) is 10.3. The molecule has 0 saturated heterocycles. The van der Waals surface area contributed by atoms with Crippen molar-refractivity contribution >= 4 is 29.0 Å². The van der Waals surface area contributed by atoms with Crippen LogP contribution in [0.25, 0.3) is 0 Å². The van der Waals surface area contributed by atoms with Crippen LogP contribution in [0.15, 0.2) is 42.6 Å². The van der Waals surface area contributed by atoms with Crippen molar-refractivity contribution in [3.8, 4) is 0 Å². The summed E-state index contributed by atoms with van der Waals surface area (Å²) >= 11 is 11.9. The number of hydrogen-bond acceptors (Lipinski definition) is 2. The minimum atomic E-state index is 0.148. The molecule has 2 nitrogen and oxygen atoms in total. The minimum absolute atomic E-state index is 0.148. The highest BCUT2D eigenvalue weighted by molar-refractivity contribution is 6.35. The third kappa shape index (κ3) is 4.34. The molecule has 0 aliphatic rings. The Hall–Kier alpha value is -1.38. The maximum Gasteiger partial charge on any atom is 0.137 e. The van der Waals surface area contributed by atoms with Gasteiger partial charge in [0.25, 0.3) is 0 Å². The van der Waals surface area contributed by atoms with Gasteiger partial charge in [0.1, 0.15) is 5.78 Å². The molecule has 0 N–H and O–H groups in total. The fraction of sp³-hybridized carbons (Fsp3) is 0.200. The number of aromatic nitrogens is 1. The van der Waals surface area contributed by atoms with Gasteiger partial charge in [0.2, 0.25) is 0 Å². The first-order valence-electron chi connectivity index (χ1n) is 6.00. The second-order valence-electron chi connectivity index (χ2n) is 4.27. The zero-order valence-corrected chi connectivity index (χ0v) is 11.8. The summed E-state index contributed by atoms with van der Waals surface area (Å²) in [6.07, 6.45) is 3.19. The van der Waals surface area contributed by atoms with E-state index >= 15 is 0 Å². The highest BCUT2D eigenvalue weighted by Crippen LogP contribution is 2.21. The molecule has 0 aliphatic carbocycles. The van der Waals surface area contributed by atoms with Crippen molar-refractivity contribution in [3.05, 3.63) is 63.9 Å². The molecule has 98 valence electrons. The number of aryl methyl sites for hydroxylation is 1. The van der Waals surface area contributed by atoms with Crippen LogP contribution in [0.2, 0.25) is 10.0 Å². The summed E-state index contributed by atoms with van der Waals surface area (Å²) in [6.45, 7) is 0. The Morgan fingerprint density at radius 1 is 1.16 bits per heavy atom. The van der Waals surface area contributed by atoms with Crippen LogP contribution in [0, 0.1) is 0 Å². The van der Waals surface area contributed by atoms with Crippen LogP contribution in [0.3, 0.4) is 0 Å². The van der Waals surface area contributed by atoms with E-state index in [9.17, 15) is 4.79 Å². The molecule has 2 aromatic rings. The topological polar surface area (TPSA) is 30.0 Å². The van der Waals surface area contributed by atoms with E-state index in [-0.39, 0.29) is 5.78 Å². The lowest BCUT2D eigenvalue weighted by Crippen LogP contribution is -2.05. The lowest BCUT2D eigenvalue weighted by atomic mass is 10.0. The summed E-state index contributed by atoms with van der Waals surface area (Å²) in [5.74, 6) is 0.148. The van der Waals surface area contributed by atoms with E-state index < -0.39 is 0 Å². The van der Waals surface area contributed by atoms with Crippen molar-refractivity contribution in [2.45, 2.75) is 19.3 Å². The highest BCUT2D eigenvalue weighted by atomic mass is 35.5. The first kappa shape index (κ1) is 14.0. The number of halogens is 2. The Bertz CT molecular complexity index is 570. The number of benzene rings is 1. The fourth-order valence-electron chi connectivity index (χ4n) is 1.78. The maximum absolute atomic E-state index is 11.9. The third-order valence-corrected chi connectivity index (χ3v) is 3.38. The summed E-state index contributed by atoms with van der Waals surface area (Å²) in [5, 5.41) is 1.12. The molecule has 0 aliphatic heterocycles. The Kier molecular flexibility index (Phi) is 4.94. The number of nitrogens with zero attached hydrogens (tertiary/aromatic N) is 1. The van der Waals surface area contributed by atoms with E-state index in [1.165, 1.54) is 0 Å². The first-order chi connectivity index (χ1) is 9.15. The van der Waals surface area contributed by atoms with Crippen LogP contribution < -0.4 is 0 Å². The smallest absolute Gasteiger partial charge is 0.137 e. The largest absolute Gasteiger partial charge is 0.299 e. The van der Waals surface area contributed by atoms with Crippen LogP contribution in [0.4, 0.5) is 0 Å². The van der Waals surface area contributed by atoms with E-state index in [1.54, 1.807) is 24.4 Å². The lowest BCUT2D eigenvalue weighted by molar-refractivity contribution is -0.118. The van der Waals surface area contributed by atoms with Gasteiger partial charge >= 0.3 is 0 Å². The van der Waals surface area contributed by atoms with Crippen molar-refractivity contribution < 1.29 is 4.79 Å². The second kappa shape index (κ2) is 6.69. The Labute approximate surface area is 122 Å². The van der Waals surface area contributed by atoms with Crippen LogP contribution in [0.5, 0.6) is 0 Å².